The molecule has 1 aliphatic heterocycles. The fourth-order valence-electron chi connectivity index (χ4n) is 6.07. The van der Waals surface area contributed by atoms with Crippen LogP contribution in [-0.2, 0) is 17.8 Å². The van der Waals surface area contributed by atoms with E-state index in [0.717, 1.165) is 41.3 Å². The minimum atomic E-state index is 0.00647. The molecule has 1 aliphatic rings. The van der Waals surface area contributed by atoms with Crippen molar-refractivity contribution in [3.05, 3.63) is 114 Å². The van der Waals surface area contributed by atoms with Crippen LogP contribution in [0.5, 0.6) is 0 Å². The number of rotatable bonds is 8. The Morgan fingerprint density at radius 3 is 2.51 bits per heavy atom. The Bertz CT molecular complexity index is 1690. The highest BCUT2D eigenvalue weighted by Crippen LogP contribution is 2.24. The molecule has 5 aromatic rings. The topological polar surface area (TPSA) is 58.4 Å². The molecule has 6 heteroatoms. The van der Waals surface area contributed by atoms with Crippen LogP contribution in [0, 0.1) is 0 Å². The number of amides is 2. The summed E-state index contributed by atoms with van der Waals surface area (Å²) in [4.78, 5) is 35.7. The quantitative estimate of drug-likeness (QED) is 0.230. The Labute approximate surface area is 241 Å². The van der Waals surface area contributed by atoms with E-state index in [1.807, 2.05) is 58.6 Å². The van der Waals surface area contributed by atoms with Crippen molar-refractivity contribution in [3.63, 3.8) is 0 Å². The fraction of sp³-hybridized carbons (Fsp3) is 0.286. The van der Waals surface area contributed by atoms with E-state index in [1.165, 1.54) is 16.3 Å². The van der Waals surface area contributed by atoms with E-state index < -0.39 is 0 Å². The van der Waals surface area contributed by atoms with Gasteiger partial charge in [-0.15, -0.1) is 0 Å². The molecule has 6 nitrogen and oxygen atoms in total. The van der Waals surface area contributed by atoms with Gasteiger partial charge in [0.15, 0.2) is 0 Å². The minimum Gasteiger partial charge on any atom is -0.336 e. The van der Waals surface area contributed by atoms with E-state index in [1.54, 1.807) is 6.20 Å². The number of unbranched alkanes of at least 4 members (excludes halogenated alkanes) is 1. The molecular formula is C35H36N4O2. The summed E-state index contributed by atoms with van der Waals surface area (Å²) >= 11 is 0. The molecule has 2 heterocycles. The molecule has 0 bridgehead atoms. The number of piperazine rings is 1. The van der Waals surface area contributed by atoms with Crippen LogP contribution in [0.3, 0.4) is 0 Å². The Morgan fingerprint density at radius 2 is 1.66 bits per heavy atom. The third-order valence-electron chi connectivity index (χ3n) is 8.30. The second-order valence-electron chi connectivity index (χ2n) is 11.0. The molecule has 1 unspecified atom stereocenters. The first kappa shape index (κ1) is 26.8. The van der Waals surface area contributed by atoms with Crippen LogP contribution in [0.25, 0.3) is 21.5 Å². The standard InChI is InChI=1S/C35H36N4O2/c1-2-3-13-30-24-37(35(41)33-15-8-12-28-10-6-7-14-32(28)33)18-19-39(30)34(40)21-31-22-36-25-38(31)23-26-16-17-27-9-4-5-11-29(27)20-26/h4-12,14-17,20,22,25,30H,2-3,13,18-19,21,23-24H2,1H3. The van der Waals surface area contributed by atoms with Crippen LogP contribution in [0.15, 0.2) is 97.5 Å². The molecule has 1 saturated heterocycles. The Balaban J connectivity index is 1.16. The molecular weight excluding hydrogens is 508 g/mol. The van der Waals surface area contributed by atoms with Crippen LogP contribution in [-0.4, -0.2) is 56.8 Å². The first-order valence-electron chi connectivity index (χ1n) is 14.6. The molecule has 0 N–H and O–H groups in total. The summed E-state index contributed by atoms with van der Waals surface area (Å²) in [6.45, 7) is 4.47. The monoisotopic (exact) mass is 544 g/mol. The van der Waals surface area contributed by atoms with E-state index in [9.17, 15) is 9.59 Å². The van der Waals surface area contributed by atoms with Crippen LogP contribution in [0.2, 0.25) is 0 Å². The van der Waals surface area contributed by atoms with Gasteiger partial charge >= 0.3 is 0 Å². The van der Waals surface area contributed by atoms with E-state index in [4.69, 9.17) is 0 Å². The van der Waals surface area contributed by atoms with Gasteiger partial charge in [-0.2, -0.15) is 0 Å². The molecule has 208 valence electrons. The van der Waals surface area contributed by atoms with Crippen LogP contribution >= 0.6 is 0 Å². The summed E-state index contributed by atoms with van der Waals surface area (Å²) < 4.78 is 2.07. The summed E-state index contributed by atoms with van der Waals surface area (Å²) in [5.41, 5.74) is 2.82. The normalized spacial score (nSPS) is 15.5. The number of hydrogen-bond acceptors (Lipinski definition) is 3. The van der Waals surface area contributed by atoms with Crippen LogP contribution < -0.4 is 0 Å². The van der Waals surface area contributed by atoms with Crippen molar-refractivity contribution in [2.75, 3.05) is 19.6 Å². The zero-order chi connectivity index (χ0) is 28.2. The number of fused-ring (bicyclic) bond motifs is 2. The van der Waals surface area contributed by atoms with Gasteiger partial charge < -0.3 is 14.4 Å². The third-order valence-corrected chi connectivity index (χ3v) is 8.30. The zero-order valence-electron chi connectivity index (χ0n) is 23.6. The fourth-order valence-corrected chi connectivity index (χ4v) is 6.07. The molecule has 41 heavy (non-hydrogen) atoms. The molecule has 1 aromatic heterocycles. The maximum atomic E-state index is 13.7. The Hall–Kier alpha value is -4.45. The smallest absolute Gasteiger partial charge is 0.254 e. The van der Waals surface area contributed by atoms with Crippen molar-refractivity contribution in [2.45, 2.75) is 45.2 Å². The van der Waals surface area contributed by atoms with E-state index in [0.29, 0.717) is 32.6 Å². The number of nitrogens with zero attached hydrogens (tertiary/aromatic N) is 4. The summed E-state index contributed by atoms with van der Waals surface area (Å²) in [5, 5.41) is 4.46. The number of carbonyl (C=O) groups is 2. The van der Waals surface area contributed by atoms with Gasteiger partial charge in [-0.3, -0.25) is 9.59 Å². The van der Waals surface area contributed by atoms with Crippen molar-refractivity contribution in [1.29, 1.82) is 0 Å². The summed E-state index contributed by atoms with van der Waals surface area (Å²) in [6.07, 6.45) is 6.87. The molecule has 1 atom stereocenters. The highest BCUT2D eigenvalue weighted by Gasteiger charge is 2.33. The van der Waals surface area contributed by atoms with Gasteiger partial charge in [0.25, 0.3) is 5.91 Å². The predicted molar refractivity (Wildman–Crippen MR) is 164 cm³/mol. The number of benzene rings is 4. The molecule has 0 saturated carbocycles. The number of imidazole rings is 1. The lowest BCUT2D eigenvalue weighted by Crippen LogP contribution is -2.57. The molecule has 0 aliphatic carbocycles. The van der Waals surface area contributed by atoms with Gasteiger partial charge in [0, 0.05) is 49.7 Å². The average molecular weight is 545 g/mol. The van der Waals surface area contributed by atoms with Crippen molar-refractivity contribution < 1.29 is 9.59 Å². The molecule has 4 aromatic carbocycles. The maximum Gasteiger partial charge on any atom is 0.254 e. The average Bonchev–Trinajstić information content (AvgIpc) is 3.45. The largest absolute Gasteiger partial charge is 0.336 e. The minimum absolute atomic E-state index is 0.00647. The number of hydrogen-bond donors (Lipinski definition) is 0. The first-order chi connectivity index (χ1) is 20.1. The summed E-state index contributed by atoms with van der Waals surface area (Å²) in [7, 11) is 0. The van der Waals surface area contributed by atoms with Gasteiger partial charge in [-0.1, -0.05) is 92.6 Å². The SMILES string of the molecule is CCCCC1CN(C(=O)c2cccc3ccccc23)CCN1C(=O)Cc1cncn1Cc1ccc2ccccc2c1. The highest BCUT2D eigenvalue weighted by molar-refractivity contribution is 6.07. The van der Waals surface area contributed by atoms with E-state index >= 15 is 0 Å². The number of aromatic nitrogens is 2. The second kappa shape index (κ2) is 12.0. The number of carbonyl (C=O) groups excluding carboxylic acids is 2. The van der Waals surface area contributed by atoms with Crippen molar-refractivity contribution in [3.8, 4) is 0 Å². The van der Waals surface area contributed by atoms with Gasteiger partial charge in [-0.05, 0) is 45.7 Å². The molecule has 6 rings (SSSR count). The maximum absolute atomic E-state index is 13.7. The van der Waals surface area contributed by atoms with Gasteiger partial charge in [-0.25, -0.2) is 4.98 Å². The predicted octanol–water partition coefficient (Wildman–Crippen LogP) is 6.32. The third kappa shape index (κ3) is 5.73. The lowest BCUT2D eigenvalue weighted by atomic mass is 10.0. The molecule has 2 amide bonds. The van der Waals surface area contributed by atoms with E-state index in [-0.39, 0.29) is 17.9 Å². The van der Waals surface area contributed by atoms with Crippen LogP contribution in [0.4, 0.5) is 0 Å². The molecule has 1 fully saturated rings. The van der Waals surface area contributed by atoms with Crippen molar-refractivity contribution >= 4 is 33.4 Å². The van der Waals surface area contributed by atoms with Crippen LogP contribution in [0.1, 0.15) is 47.8 Å². The lowest BCUT2D eigenvalue weighted by Gasteiger charge is -2.42. The second-order valence-corrected chi connectivity index (χ2v) is 11.0. The van der Waals surface area contributed by atoms with E-state index in [2.05, 4.69) is 58.9 Å². The summed E-state index contributed by atoms with van der Waals surface area (Å²) in [6, 6.07) is 28.8. The zero-order valence-corrected chi connectivity index (χ0v) is 23.6. The Kier molecular flexibility index (Phi) is 7.81. The Morgan fingerprint density at radius 1 is 0.878 bits per heavy atom. The van der Waals surface area contributed by atoms with Gasteiger partial charge in [0.1, 0.15) is 0 Å². The molecule has 0 radical (unpaired) electrons. The lowest BCUT2D eigenvalue weighted by molar-refractivity contribution is -0.135. The summed E-state index contributed by atoms with van der Waals surface area (Å²) in [5.74, 6) is 0.146. The van der Waals surface area contributed by atoms with Crippen molar-refractivity contribution in [1.82, 2.24) is 19.4 Å². The highest BCUT2D eigenvalue weighted by atomic mass is 16.2. The van der Waals surface area contributed by atoms with Crippen molar-refractivity contribution in [2.24, 2.45) is 0 Å². The molecule has 0 spiro atoms. The van der Waals surface area contributed by atoms with Gasteiger partial charge in [0.2, 0.25) is 5.91 Å². The van der Waals surface area contributed by atoms with Gasteiger partial charge in [0.05, 0.1) is 12.7 Å². The first-order valence-corrected chi connectivity index (χ1v) is 14.6.